The molecule has 0 saturated carbocycles. The molecule has 124 valence electrons. The van der Waals surface area contributed by atoms with Crippen LogP contribution < -0.4 is 20.1 Å². The monoisotopic (exact) mass is 344 g/mol. The Morgan fingerprint density at radius 2 is 1.92 bits per heavy atom. The average Bonchev–Trinajstić information content (AvgIpc) is 2.99. The van der Waals surface area contributed by atoms with Crippen molar-refractivity contribution < 1.29 is 19.4 Å². The Kier molecular flexibility index (Phi) is 4.26. The SMILES string of the molecule is Cc1cc(C)c(O)c(NC(=S)NC(=O)c2ccc3c(c2)OCO3)c1. The van der Waals surface area contributed by atoms with Gasteiger partial charge in [-0.15, -0.1) is 0 Å². The summed E-state index contributed by atoms with van der Waals surface area (Å²) in [7, 11) is 0. The fraction of sp³-hybridized carbons (Fsp3) is 0.176. The number of fused-ring (bicyclic) bond motifs is 1. The van der Waals surface area contributed by atoms with Crippen LogP contribution in [0.4, 0.5) is 5.69 Å². The van der Waals surface area contributed by atoms with E-state index < -0.39 is 0 Å². The summed E-state index contributed by atoms with van der Waals surface area (Å²) >= 11 is 5.15. The molecule has 7 heteroatoms. The Balaban J connectivity index is 1.70. The lowest BCUT2D eigenvalue weighted by Crippen LogP contribution is -2.34. The summed E-state index contributed by atoms with van der Waals surface area (Å²) in [6.07, 6.45) is 0. The van der Waals surface area contributed by atoms with Crippen LogP contribution in [0.25, 0.3) is 0 Å². The smallest absolute Gasteiger partial charge is 0.257 e. The van der Waals surface area contributed by atoms with Gasteiger partial charge in [0.2, 0.25) is 6.79 Å². The number of phenolic OH excluding ortho intramolecular Hbond substituents is 1. The van der Waals surface area contributed by atoms with Crippen molar-refractivity contribution in [1.82, 2.24) is 5.32 Å². The van der Waals surface area contributed by atoms with Gasteiger partial charge in [0.25, 0.3) is 5.91 Å². The molecule has 0 fully saturated rings. The third-order valence-corrected chi connectivity index (χ3v) is 3.76. The van der Waals surface area contributed by atoms with Gasteiger partial charge >= 0.3 is 0 Å². The summed E-state index contributed by atoms with van der Waals surface area (Å²) < 4.78 is 10.5. The predicted molar refractivity (Wildman–Crippen MR) is 93.8 cm³/mol. The van der Waals surface area contributed by atoms with Gasteiger partial charge in [-0.3, -0.25) is 10.1 Å². The van der Waals surface area contributed by atoms with Gasteiger partial charge in [-0.2, -0.15) is 0 Å². The lowest BCUT2D eigenvalue weighted by Gasteiger charge is -2.13. The van der Waals surface area contributed by atoms with Crippen LogP contribution in [-0.4, -0.2) is 22.9 Å². The van der Waals surface area contributed by atoms with Crippen LogP contribution in [0.1, 0.15) is 21.5 Å². The minimum Gasteiger partial charge on any atom is -0.505 e. The molecule has 0 saturated heterocycles. The maximum Gasteiger partial charge on any atom is 0.257 e. The van der Waals surface area contributed by atoms with E-state index in [0.717, 1.165) is 11.1 Å². The van der Waals surface area contributed by atoms with Crippen LogP contribution in [0.3, 0.4) is 0 Å². The van der Waals surface area contributed by atoms with Gasteiger partial charge in [-0.05, 0) is 61.5 Å². The molecule has 0 bridgehead atoms. The largest absolute Gasteiger partial charge is 0.505 e. The topological polar surface area (TPSA) is 79.8 Å². The van der Waals surface area contributed by atoms with E-state index in [4.69, 9.17) is 21.7 Å². The number of phenols is 1. The van der Waals surface area contributed by atoms with Crippen molar-refractivity contribution in [2.75, 3.05) is 12.1 Å². The number of ether oxygens (including phenoxy) is 2. The third-order valence-electron chi connectivity index (χ3n) is 3.55. The molecule has 1 heterocycles. The molecule has 0 unspecified atom stereocenters. The Labute approximate surface area is 144 Å². The lowest BCUT2D eigenvalue weighted by molar-refractivity contribution is 0.0977. The van der Waals surface area contributed by atoms with Gasteiger partial charge in [0, 0.05) is 5.56 Å². The molecule has 0 spiro atoms. The van der Waals surface area contributed by atoms with E-state index in [0.29, 0.717) is 22.7 Å². The third kappa shape index (κ3) is 3.26. The summed E-state index contributed by atoms with van der Waals surface area (Å²) in [5, 5.41) is 15.6. The van der Waals surface area contributed by atoms with E-state index in [2.05, 4.69) is 10.6 Å². The highest BCUT2D eigenvalue weighted by atomic mass is 32.1. The number of carbonyl (C=O) groups is 1. The van der Waals surface area contributed by atoms with E-state index in [1.54, 1.807) is 31.2 Å². The van der Waals surface area contributed by atoms with Gasteiger partial charge in [-0.25, -0.2) is 0 Å². The van der Waals surface area contributed by atoms with Gasteiger partial charge in [0.05, 0.1) is 5.69 Å². The fourth-order valence-corrected chi connectivity index (χ4v) is 2.62. The van der Waals surface area contributed by atoms with Gasteiger partial charge in [0.15, 0.2) is 16.6 Å². The van der Waals surface area contributed by atoms with Crippen molar-refractivity contribution in [3.8, 4) is 17.2 Å². The molecule has 1 aliphatic rings. The van der Waals surface area contributed by atoms with Crippen molar-refractivity contribution in [2.45, 2.75) is 13.8 Å². The van der Waals surface area contributed by atoms with Gasteiger partial charge < -0.3 is 19.9 Å². The number of benzene rings is 2. The molecule has 1 amide bonds. The molecule has 0 aliphatic carbocycles. The molecule has 0 radical (unpaired) electrons. The molecular weight excluding hydrogens is 328 g/mol. The molecule has 0 aromatic heterocycles. The van der Waals surface area contributed by atoms with E-state index in [9.17, 15) is 9.90 Å². The molecule has 2 aromatic rings. The van der Waals surface area contributed by atoms with Gasteiger partial charge in [0.1, 0.15) is 5.75 Å². The number of thiocarbonyl (C=S) groups is 1. The standard InChI is InChI=1S/C17H16N2O4S/c1-9-5-10(2)15(20)12(6-9)18-17(24)19-16(21)11-3-4-13-14(7-11)23-8-22-13/h3-7,20H,8H2,1-2H3,(H2,18,19,21,24). The van der Waals surface area contributed by atoms with Crippen LogP contribution in [-0.2, 0) is 0 Å². The summed E-state index contributed by atoms with van der Waals surface area (Å²) in [5.41, 5.74) is 2.54. The van der Waals surface area contributed by atoms with Gasteiger partial charge in [-0.1, -0.05) is 6.07 Å². The molecule has 24 heavy (non-hydrogen) atoms. The minimum absolute atomic E-state index is 0.0953. The first kappa shape index (κ1) is 16.1. The first-order valence-electron chi connectivity index (χ1n) is 7.26. The molecule has 1 aliphatic heterocycles. The second-order valence-corrected chi connectivity index (χ2v) is 5.86. The molecule has 3 N–H and O–H groups in total. The molecule has 3 rings (SSSR count). The van der Waals surface area contributed by atoms with Crippen molar-refractivity contribution in [3.05, 3.63) is 47.0 Å². The zero-order chi connectivity index (χ0) is 17.3. The Morgan fingerprint density at radius 3 is 2.71 bits per heavy atom. The Bertz CT molecular complexity index is 836. The highest BCUT2D eigenvalue weighted by molar-refractivity contribution is 7.80. The lowest BCUT2D eigenvalue weighted by atomic mass is 10.1. The number of hydrogen-bond donors (Lipinski definition) is 3. The van der Waals surface area contributed by atoms with Crippen molar-refractivity contribution in [3.63, 3.8) is 0 Å². The number of rotatable bonds is 2. The maximum atomic E-state index is 12.3. The summed E-state index contributed by atoms with van der Waals surface area (Å²) in [6.45, 7) is 3.85. The highest BCUT2D eigenvalue weighted by Crippen LogP contribution is 2.32. The number of nitrogens with one attached hydrogen (secondary N) is 2. The maximum absolute atomic E-state index is 12.3. The average molecular weight is 344 g/mol. The number of aromatic hydroxyl groups is 1. The van der Waals surface area contributed by atoms with Crippen molar-refractivity contribution >= 4 is 28.9 Å². The van der Waals surface area contributed by atoms with E-state index in [1.807, 2.05) is 13.0 Å². The number of carbonyl (C=O) groups excluding carboxylic acids is 1. The number of amides is 1. The first-order chi connectivity index (χ1) is 11.4. The minimum atomic E-state index is -0.380. The van der Waals surface area contributed by atoms with Crippen molar-refractivity contribution in [1.29, 1.82) is 0 Å². The first-order valence-corrected chi connectivity index (χ1v) is 7.67. The van der Waals surface area contributed by atoms with E-state index in [1.165, 1.54) is 0 Å². The zero-order valence-corrected chi connectivity index (χ0v) is 14.0. The van der Waals surface area contributed by atoms with Crippen LogP contribution in [0.2, 0.25) is 0 Å². The Morgan fingerprint density at radius 1 is 1.17 bits per heavy atom. The summed E-state index contributed by atoms with van der Waals surface area (Å²) in [4.78, 5) is 12.3. The predicted octanol–water partition coefficient (Wildman–Crippen LogP) is 2.86. The molecule has 2 aromatic carbocycles. The van der Waals surface area contributed by atoms with Crippen LogP contribution in [0, 0.1) is 13.8 Å². The Hall–Kier alpha value is -2.80. The fourth-order valence-electron chi connectivity index (χ4n) is 2.42. The van der Waals surface area contributed by atoms with E-state index >= 15 is 0 Å². The number of anilines is 1. The van der Waals surface area contributed by atoms with Crippen LogP contribution in [0.5, 0.6) is 17.2 Å². The second-order valence-electron chi connectivity index (χ2n) is 5.45. The second kappa shape index (κ2) is 6.37. The van der Waals surface area contributed by atoms with Crippen LogP contribution in [0.15, 0.2) is 30.3 Å². The van der Waals surface area contributed by atoms with Crippen molar-refractivity contribution in [2.24, 2.45) is 0 Å². The van der Waals surface area contributed by atoms with E-state index in [-0.39, 0.29) is 23.6 Å². The molecule has 6 nitrogen and oxygen atoms in total. The normalized spacial score (nSPS) is 11.9. The highest BCUT2D eigenvalue weighted by Gasteiger charge is 2.17. The van der Waals surface area contributed by atoms with Crippen LogP contribution >= 0.6 is 12.2 Å². The molecular formula is C17H16N2O4S. The summed E-state index contributed by atoms with van der Waals surface area (Å²) in [6, 6.07) is 8.49. The number of aryl methyl sites for hydroxylation is 2. The summed E-state index contributed by atoms with van der Waals surface area (Å²) in [5.74, 6) is 0.843. The molecule has 0 atom stereocenters. The zero-order valence-electron chi connectivity index (χ0n) is 13.2. The quantitative estimate of drug-likeness (QED) is 0.574. The number of hydrogen-bond acceptors (Lipinski definition) is 5.